The first-order valence-corrected chi connectivity index (χ1v) is 9.26. The summed E-state index contributed by atoms with van der Waals surface area (Å²) in [4.78, 5) is 12.5. The summed E-state index contributed by atoms with van der Waals surface area (Å²) < 4.78 is 16.8. The van der Waals surface area contributed by atoms with Gasteiger partial charge in [0.05, 0.1) is 13.2 Å². The topological polar surface area (TPSA) is 68.8 Å². The molecule has 6 nitrogen and oxygen atoms in total. The Morgan fingerprint density at radius 2 is 1.92 bits per heavy atom. The van der Waals surface area contributed by atoms with E-state index in [0.29, 0.717) is 33.0 Å². The summed E-state index contributed by atoms with van der Waals surface area (Å²) in [6.07, 6.45) is 4.55. The quantitative estimate of drug-likeness (QED) is 0.831. The van der Waals surface area contributed by atoms with Crippen molar-refractivity contribution in [3.63, 3.8) is 0 Å². The number of amides is 1. The number of morpholine rings is 1. The van der Waals surface area contributed by atoms with Crippen LogP contribution in [-0.4, -0.2) is 51.5 Å². The van der Waals surface area contributed by atoms with Gasteiger partial charge in [-0.25, -0.2) is 0 Å². The summed E-state index contributed by atoms with van der Waals surface area (Å²) in [6.45, 7) is 3.69. The Labute approximate surface area is 160 Å². The van der Waals surface area contributed by atoms with E-state index in [1.54, 1.807) is 0 Å². The van der Waals surface area contributed by atoms with E-state index < -0.39 is 0 Å². The van der Waals surface area contributed by atoms with Gasteiger partial charge in [0.1, 0.15) is 19.3 Å². The lowest BCUT2D eigenvalue weighted by Gasteiger charge is -2.32. The van der Waals surface area contributed by atoms with E-state index in [-0.39, 0.29) is 29.8 Å². The predicted octanol–water partition coefficient (Wildman–Crippen LogP) is 1.80. The number of hydrogen-bond acceptors (Lipinski definition) is 5. The van der Waals surface area contributed by atoms with Crippen LogP contribution in [0.5, 0.6) is 11.5 Å². The SMILES string of the molecule is Cl.O=C(NCC1(c2ccc3c(c2)OCCO3)CCCC1)C1COCCN1. The molecule has 1 amide bonds. The molecule has 0 radical (unpaired) electrons. The highest BCUT2D eigenvalue weighted by atomic mass is 35.5. The van der Waals surface area contributed by atoms with Crippen LogP contribution in [0.25, 0.3) is 0 Å². The molecule has 1 aromatic rings. The lowest BCUT2D eigenvalue weighted by atomic mass is 9.78. The Morgan fingerprint density at radius 1 is 1.15 bits per heavy atom. The van der Waals surface area contributed by atoms with E-state index in [9.17, 15) is 4.79 Å². The molecule has 1 saturated carbocycles. The maximum atomic E-state index is 12.5. The number of nitrogens with one attached hydrogen (secondary N) is 2. The summed E-state index contributed by atoms with van der Waals surface area (Å²) in [5, 5.41) is 6.37. The summed E-state index contributed by atoms with van der Waals surface area (Å²) in [7, 11) is 0. The molecule has 4 rings (SSSR count). The van der Waals surface area contributed by atoms with Gasteiger partial charge in [-0.1, -0.05) is 18.9 Å². The van der Waals surface area contributed by atoms with Crippen LogP contribution in [0.15, 0.2) is 18.2 Å². The molecular formula is C19H27ClN2O4. The Kier molecular flexibility index (Phi) is 6.27. The molecule has 2 N–H and O–H groups in total. The van der Waals surface area contributed by atoms with Gasteiger partial charge < -0.3 is 24.8 Å². The number of carbonyl (C=O) groups excluding carboxylic acids is 1. The second-order valence-corrected chi connectivity index (χ2v) is 7.15. The third-order valence-corrected chi connectivity index (χ3v) is 5.55. The van der Waals surface area contributed by atoms with Crippen LogP contribution < -0.4 is 20.1 Å². The van der Waals surface area contributed by atoms with Gasteiger partial charge in [-0.15, -0.1) is 12.4 Å². The van der Waals surface area contributed by atoms with Gasteiger partial charge >= 0.3 is 0 Å². The highest BCUT2D eigenvalue weighted by Crippen LogP contribution is 2.43. The van der Waals surface area contributed by atoms with Crippen molar-refractivity contribution in [1.29, 1.82) is 0 Å². The smallest absolute Gasteiger partial charge is 0.239 e. The highest BCUT2D eigenvalue weighted by molar-refractivity contribution is 5.85. The average molecular weight is 383 g/mol. The summed E-state index contributed by atoms with van der Waals surface area (Å²) in [6, 6.07) is 6.00. The third-order valence-electron chi connectivity index (χ3n) is 5.55. The van der Waals surface area contributed by atoms with Crippen LogP contribution in [0.4, 0.5) is 0 Å². The molecule has 1 saturated heterocycles. The zero-order valence-electron chi connectivity index (χ0n) is 14.9. The summed E-state index contributed by atoms with van der Waals surface area (Å²) in [5.41, 5.74) is 1.23. The van der Waals surface area contributed by atoms with Crippen LogP contribution in [-0.2, 0) is 14.9 Å². The van der Waals surface area contributed by atoms with Crippen LogP contribution in [0.1, 0.15) is 31.2 Å². The van der Waals surface area contributed by atoms with Crippen molar-refractivity contribution in [3.8, 4) is 11.5 Å². The fourth-order valence-corrected chi connectivity index (χ4v) is 4.11. The fraction of sp³-hybridized carbons (Fsp3) is 0.632. The maximum Gasteiger partial charge on any atom is 0.239 e. The number of benzene rings is 1. The first-order chi connectivity index (χ1) is 12.3. The minimum Gasteiger partial charge on any atom is -0.486 e. The van der Waals surface area contributed by atoms with Crippen molar-refractivity contribution >= 4 is 18.3 Å². The van der Waals surface area contributed by atoms with Crippen molar-refractivity contribution in [1.82, 2.24) is 10.6 Å². The van der Waals surface area contributed by atoms with E-state index in [0.717, 1.165) is 30.9 Å². The molecule has 1 aromatic carbocycles. The Morgan fingerprint density at radius 3 is 2.65 bits per heavy atom. The molecule has 1 atom stereocenters. The van der Waals surface area contributed by atoms with Crippen molar-refractivity contribution < 1.29 is 19.0 Å². The molecule has 2 aliphatic heterocycles. The van der Waals surface area contributed by atoms with Crippen LogP contribution in [0.3, 0.4) is 0 Å². The number of carbonyl (C=O) groups is 1. The molecule has 3 aliphatic rings. The van der Waals surface area contributed by atoms with Crippen molar-refractivity contribution in [2.75, 3.05) is 39.5 Å². The van der Waals surface area contributed by atoms with Gasteiger partial charge in [-0.05, 0) is 30.5 Å². The monoisotopic (exact) mass is 382 g/mol. The molecule has 0 bridgehead atoms. The first kappa shape index (κ1) is 19.3. The van der Waals surface area contributed by atoms with E-state index in [1.165, 1.54) is 18.4 Å². The average Bonchev–Trinajstić information content (AvgIpc) is 3.16. The van der Waals surface area contributed by atoms with Crippen molar-refractivity contribution in [2.45, 2.75) is 37.1 Å². The molecule has 0 spiro atoms. The molecule has 2 heterocycles. The number of fused-ring (bicyclic) bond motifs is 1. The molecule has 7 heteroatoms. The van der Waals surface area contributed by atoms with Gasteiger partial charge in [0, 0.05) is 18.5 Å². The van der Waals surface area contributed by atoms with Gasteiger partial charge in [0.15, 0.2) is 11.5 Å². The van der Waals surface area contributed by atoms with Crippen LogP contribution >= 0.6 is 12.4 Å². The highest BCUT2D eigenvalue weighted by Gasteiger charge is 2.37. The minimum atomic E-state index is -0.243. The lowest BCUT2D eigenvalue weighted by Crippen LogP contribution is -2.53. The van der Waals surface area contributed by atoms with E-state index in [2.05, 4.69) is 22.8 Å². The number of hydrogen-bond donors (Lipinski definition) is 2. The summed E-state index contributed by atoms with van der Waals surface area (Å²) >= 11 is 0. The Bertz CT molecular complexity index is 628. The maximum absolute atomic E-state index is 12.5. The predicted molar refractivity (Wildman–Crippen MR) is 100 cm³/mol. The van der Waals surface area contributed by atoms with Gasteiger partial charge in [0.25, 0.3) is 0 Å². The largest absolute Gasteiger partial charge is 0.486 e. The number of rotatable bonds is 4. The van der Waals surface area contributed by atoms with Crippen LogP contribution in [0, 0.1) is 0 Å². The van der Waals surface area contributed by atoms with E-state index in [4.69, 9.17) is 14.2 Å². The number of halogens is 1. The van der Waals surface area contributed by atoms with E-state index in [1.807, 2.05) is 6.07 Å². The third kappa shape index (κ3) is 3.92. The zero-order valence-corrected chi connectivity index (χ0v) is 15.7. The molecule has 1 unspecified atom stereocenters. The van der Waals surface area contributed by atoms with Crippen molar-refractivity contribution in [3.05, 3.63) is 23.8 Å². The second kappa shape index (κ2) is 8.46. The standard InChI is InChI=1S/C19H26N2O4.ClH/c22-18(15-12-23-8-7-20-15)21-13-19(5-1-2-6-19)14-3-4-16-17(11-14)25-10-9-24-16;/h3-4,11,15,20H,1-2,5-10,12-13H2,(H,21,22);1H. The molecule has 2 fully saturated rings. The zero-order chi connectivity index (χ0) is 17.1. The van der Waals surface area contributed by atoms with Gasteiger partial charge in [-0.3, -0.25) is 4.79 Å². The normalized spacial score (nSPS) is 23.8. The van der Waals surface area contributed by atoms with E-state index >= 15 is 0 Å². The lowest BCUT2D eigenvalue weighted by molar-refractivity contribution is -0.126. The van der Waals surface area contributed by atoms with Gasteiger partial charge in [0.2, 0.25) is 5.91 Å². The van der Waals surface area contributed by atoms with Crippen LogP contribution in [0.2, 0.25) is 0 Å². The molecule has 26 heavy (non-hydrogen) atoms. The molecule has 0 aromatic heterocycles. The molecular weight excluding hydrogens is 356 g/mol. The fourth-order valence-electron chi connectivity index (χ4n) is 4.11. The minimum absolute atomic E-state index is 0. The second-order valence-electron chi connectivity index (χ2n) is 7.15. The first-order valence-electron chi connectivity index (χ1n) is 9.26. The van der Waals surface area contributed by atoms with Gasteiger partial charge in [-0.2, -0.15) is 0 Å². The number of ether oxygens (including phenoxy) is 3. The summed E-state index contributed by atoms with van der Waals surface area (Å²) in [5.74, 6) is 1.67. The Hall–Kier alpha value is -1.50. The van der Waals surface area contributed by atoms with Crippen molar-refractivity contribution in [2.24, 2.45) is 0 Å². The molecule has 1 aliphatic carbocycles. The Balaban J connectivity index is 0.00000196. The molecule has 144 valence electrons.